The van der Waals surface area contributed by atoms with Crippen molar-refractivity contribution in [2.24, 2.45) is 5.92 Å². The van der Waals surface area contributed by atoms with Gasteiger partial charge in [-0.25, -0.2) is 4.39 Å². The number of anilines is 2. The third kappa shape index (κ3) is 5.09. The van der Waals surface area contributed by atoms with Gasteiger partial charge in [-0.3, -0.25) is 9.59 Å². The maximum absolute atomic E-state index is 13.0. The molecule has 0 spiro atoms. The zero-order valence-corrected chi connectivity index (χ0v) is 16.3. The molecule has 0 aliphatic carbocycles. The third-order valence-corrected chi connectivity index (χ3v) is 4.81. The molecule has 1 fully saturated rings. The first-order valence-corrected chi connectivity index (χ1v) is 9.62. The zero-order chi connectivity index (χ0) is 20.1. The molecule has 28 heavy (non-hydrogen) atoms. The van der Waals surface area contributed by atoms with Crippen LogP contribution in [0.15, 0.2) is 48.5 Å². The van der Waals surface area contributed by atoms with Crippen molar-refractivity contribution >= 4 is 23.2 Å². The highest BCUT2D eigenvalue weighted by molar-refractivity contribution is 6.04. The predicted molar refractivity (Wildman–Crippen MR) is 109 cm³/mol. The van der Waals surface area contributed by atoms with Crippen LogP contribution in [0.3, 0.4) is 0 Å². The SMILES string of the molecule is CC(C)CC(=O)N1CCN(c2ccc(NC(=O)c3ccc(F)cc3)cc2)CC1. The van der Waals surface area contributed by atoms with Crippen LogP contribution in [0.25, 0.3) is 0 Å². The summed E-state index contributed by atoms with van der Waals surface area (Å²) in [5.41, 5.74) is 2.16. The van der Waals surface area contributed by atoms with Gasteiger partial charge in [-0.1, -0.05) is 13.8 Å². The van der Waals surface area contributed by atoms with Crippen molar-refractivity contribution in [3.63, 3.8) is 0 Å². The van der Waals surface area contributed by atoms with E-state index in [1.807, 2.05) is 29.2 Å². The van der Waals surface area contributed by atoms with Crippen LogP contribution in [0.4, 0.5) is 15.8 Å². The molecule has 2 aromatic carbocycles. The van der Waals surface area contributed by atoms with Crippen molar-refractivity contribution in [2.45, 2.75) is 20.3 Å². The molecule has 3 rings (SSSR count). The maximum Gasteiger partial charge on any atom is 0.255 e. The standard InChI is InChI=1S/C22H26FN3O2/c1-16(2)15-21(27)26-13-11-25(12-14-26)20-9-7-19(8-10-20)24-22(28)17-3-5-18(23)6-4-17/h3-10,16H,11-15H2,1-2H3,(H,24,28). The van der Waals surface area contributed by atoms with E-state index < -0.39 is 0 Å². The van der Waals surface area contributed by atoms with E-state index in [1.54, 1.807) is 0 Å². The molecule has 1 saturated heterocycles. The lowest BCUT2D eigenvalue weighted by atomic mass is 10.1. The molecule has 0 bridgehead atoms. The average molecular weight is 383 g/mol. The maximum atomic E-state index is 13.0. The molecule has 1 aliphatic rings. The van der Waals surface area contributed by atoms with E-state index in [9.17, 15) is 14.0 Å². The van der Waals surface area contributed by atoms with Crippen molar-refractivity contribution in [1.82, 2.24) is 4.90 Å². The van der Waals surface area contributed by atoms with Gasteiger partial charge in [-0.05, 0) is 54.4 Å². The van der Waals surface area contributed by atoms with Gasteiger partial charge in [-0.2, -0.15) is 0 Å². The van der Waals surface area contributed by atoms with Crippen molar-refractivity contribution in [1.29, 1.82) is 0 Å². The van der Waals surface area contributed by atoms with Gasteiger partial charge < -0.3 is 15.1 Å². The van der Waals surface area contributed by atoms with Crippen LogP contribution < -0.4 is 10.2 Å². The molecule has 0 atom stereocenters. The molecule has 148 valence electrons. The van der Waals surface area contributed by atoms with Gasteiger partial charge in [0.2, 0.25) is 5.91 Å². The van der Waals surface area contributed by atoms with Crippen molar-refractivity contribution in [3.05, 3.63) is 59.9 Å². The van der Waals surface area contributed by atoms with Crippen molar-refractivity contribution in [3.8, 4) is 0 Å². The fourth-order valence-electron chi connectivity index (χ4n) is 3.25. The number of nitrogens with one attached hydrogen (secondary N) is 1. The quantitative estimate of drug-likeness (QED) is 0.855. The lowest BCUT2D eigenvalue weighted by Gasteiger charge is -2.36. The van der Waals surface area contributed by atoms with Crippen LogP contribution in [0.2, 0.25) is 0 Å². The lowest BCUT2D eigenvalue weighted by molar-refractivity contribution is -0.132. The first-order valence-electron chi connectivity index (χ1n) is 9.62. The van der Waals surface area contributed by atoms with Crippen molar-refractivity contribution in [2.75, 3.05) is 36.4 Å². The highest BCUT2D eigenvalue weighted by Gasteiger charge is 2.21. The number of hydrogen-bond acceptors (Lipinski definition) is 3. The van der Waals surface area contributed by atoms with E-state index in [-0.39, 0.29) is 17.6 Å². The second kappa shape index (κ2) is 8.87. The minimum atomic E-state index is -0.369. The van der Waals surface area contributed by atoms with E-state index in [0.29, 0.717) is 23.6 Å². The van der Waals surface area contributed by atoms with Crippen LogP contribution in [0.1, 0.15) is 30.6 Å². The molecule has 0 radical (unpaired) electrons. The van der Waals surface area contributed by atoms with Gasteiger partial charge in [0.1, 0.15) is 5.82 Å². The normalized spacial score (nSPS) is 14.3. The average Bonchev–Trinajstić information content (AvgIpc) is 2.68. The van der Waals surface area contributed by atoms with Gasteiger partial charge in [0.25, 0.3) is 5.91 Å². The first kappa shape index (κ1) is 19.9. The summed E-state index contributed by atoms with van der Waals surface area (Å²) in [5, 5.41) is 2.82. The van der Waals surface area contributed by atoms with E-state index in [1.165, 1.54) is 24.3 Å². The van der Waals surface area contributed by atoms with Gasteiger partial charge in [0.15, 0.2) is 0 Å². The number of amides is 2. The molecule has 1 aliphatic heterocycles. The summed E-state index contributed by atoms with van der Waals surface area (Å²) in [7, 11) is 0. The highest BCUT2D eigenvalue weighted by atomic mass is 19.1. The van der Waals surface area contributed by atoms with Crippen LogP contribution in [-0.4, -0.2) is 42.9 Å². The van der Waals surface area contributed by atoms with Crippen LogP contribution in [0.5, 0.6) is 0 Å². The minimum absolute atomic E-state index is 0.230. The van der Waals surface area contributed by atoms with Crippen molar-refractivity contribution < 1.29 is 14.0 Å². The molecule has 1 N–H and O–H groups in total. The second-order valence-corrected chi connectivity index (χ2v) is 7.47. The van der Waals surface area contributed by atoms with Crippen LogP contribution in [0, 0.1) is 11.7 Å². The molecule has 0 aromatic heterocycles. The molecule has 1 heterocycles. The highest BCUT2D eigenvalue weighted by Crippen LogP contribution is 2.20. The number of carbonyl (C=O) groups is 2. The summed E-state index contributed by atoms with van der Waals surface area (Å²) in [6.45, 7) is 7.18. The molecule has 6 heteroatoms. The molecule has 2 amide bonds. The Bertz CT molecular complexity index is 811. The molecular weight excluding hydrogens is 357 g/mol. The molecule has 5 nitrogen and oxygen atoms in total. The topological polar surface area (TPSA) is 52.7 Å². The minimum Gasteiger partial charge on any atom is -0.368 e. The molecule has 0 saturated carbocycles. The Hall–Kier alpha value is -2.89. The Kier molecular flexibility index (Phi) is 6.29. The fourth-order valence-corrected chi connectivity index (χ4v) is 3.25. The smallest absolute Gasteiger partial charge is 0.255 e. The van der Waals surface area contributed by atoms with Gasteiger partial charge in [0.05, 0.1) is 0 Å². The summed E-state index contributed by atoms with van der Waals surface area (Å²) in [6.07, 6.45) is 0.600. The summed E-state index contributed by atoms with van der Waals surface area (Å²) >= 11 is 0. The number of rotatable bonds is 5. The van der Waals surface area contributed by atoms with Gasteiger partial charge >= 0.3 is 0 Å². The number of carbonyl (C=O) groups excluding carboxylic acids is 2. The van der Waals surface area contributed by atoms with E-state index in [2.05, 4.69) is 24.1 Å². The van der Waals surface area contributed by atoms with E-state index in [0.717, 1.165) is 31.9 Å². The van der Waals surface area contributed by atoms with Crippen LogP contribution >= 0.6 is 0 Å². The molecular formula is C22H26FN3O2. The Morgan fingerprint density at radius 1 is 0.964 bits per heavy atom. The van der Waals surface area contributed by atoms with E-state index in [4.69, 9.17) is 0 Å². The summed E-state index contributed by atoms with van der Waals surface area (Å²) < 4.78 is 13.0. The monoisotopic (exact) mass is 383 g/mol. The Morgan fingerprint density at radius 2 is 1.57 bits per heavy atom. The van der Waals surface area contributed by atoms with Gasteiger partial charge in [-0.15, -0.1) is 0 Å². The molecule has 0 unspecified atom stereocenters. The largest absolute Gasteiger partial charge is 0.368 e. The number of halogens is 1. The molecule has 2 aromatic rings. The zero-order valence-electron chi connectivity index (χ0n) is 16.3. The van der Waals surface area contributed by atoms with E-state index >= 15 is 0 Å². The fraction of sp³-hybridized carbons (Fsp3) is 0.364. The number of nitrogens with zero attached hydrogens (tertiary/aromatic N) is 2. The summed E-state index contributed by atoms with van der Waals surface area (Å²) in [4.78, 5) is 28.6. The first-order chi connectivity index (χ1) is 13.4. The number of piperazine rings is 1. The summed E-state index contributed by atoms with van der Waals surface area (Å²) in [5.74, 6) is -0.0337. The Balaban J connectivity index is 1.54. The second-order valence-electron chi connectivity index (χ2n) is 7.47. The number of benzene rings is 2. The van der Waals surface area contributed by atoms with Gasteiger partial charge in [0, 0.05) is 49.5 Å². The predicted octanol–water partition coefficient (Wildman–Crippen LogP) is 3.77. The number of hydrogen-bond donors (Lipinski definition) is 1. The lowest BCUT2D eigenvalue weighted by Crippen LogP contribution is -2.49. The van der Waals surface area contributed by atoms with Crippen LogP contribution in [-0.2, 0) is 4.79 Å². The third-order valence-electron chi connectivity index (χ3n) is 4.81. The Labute approximate surface area is 165 Å². The summed E-state index contributed by atoms with van der Waals surface area (Å²) in [6, 6.07) is 13.1. The Morgan fingerprint density at radius 3 is 2.14 bits per heavy atom.